The van der Waals surface area contributed by atoms with E-state index in [1.807, 2.05) is 46.4 Å². The topological polar surface area (TPSA) is 83.2 Å². The fraction of sp³-hybridized carbons (Fsp3) is 0.773. The maximum atomic E-state index is 12.4. The number of guanidine groups is 1. The maximum absolute atomic E-state index is 12.4. The summed E-state index contributed by atoms with van der Waals surface area (Å²) in [6.45, 7) is 18.1. The van der Waals surface area contributed by atoms with E-state index in [1.165, 1.54) is 0 Å². The molecular formula is C22H40IN5O3. The van der Waals surface area contributed by atoms with Crippen molar-refractivity contribution >= 4 is 36.0 Å². The Kier molecular flexibility index (Phi) is 11.1. The predicted octanol–water partition coefficient (Wildman–Crippen LogP) is 4.34. The largest absolute Gasteiger partial charge is 0.444 e. The molecule has 2 rings (SSSR count). The van der Waals surface area contributed by atoms with E-state index in [2.05, 4.69) is 22.1 Å². The van der Waals surface area contributed by atoms with Crippen molar-refractivity contribution in [3.8, 4) is 0 Å². The summed E-state index contributed by atoms with van der Waals surface area (Å²) in [7, 11) is 0. The zero-order valence-electron chi connectivity index (χ0n) is 20.2. The van der Waals surface area contributed by atoms with E-state index < -0.39 is 5.60 Å². The molecule has 0 atom stereocenters. The third kappa shape index (κ3) is 8.86. The van der Waals surface area contributed by atoms with Crippen LogP contribution in [-0.4, -0.2) is 65.2 Å². The molecule has 0 bridgehead atoms. The van der Waals surface area contributed by atoms with Crippen molar-refractivity contribution in [3.05, 3.63) is 17.3 Å². The Labute approximate surface area is 204 Å². The highest BCUT2D eigenvalue weighted by atomic mass is 127. The van der Waals surface area contributed by atoms with Crippen LogP contribution in [0.2, 0.25) is 0 Å². The Morgan fingerprint density at radius 1 is 1.29 bits per heavy atom. The maximum Gasteiger partial charge on any atom is 0.410 e. The summed E-state index contributed by atoms with van der Waals surface area (Å²) < 4.78 is 11.2. The number of hydrogen-bond acceptors (Lipinski definition) is 5. The van der Waals surface area contributed by atoms with Gasteiger partial charge in [0, 0.05) is 32.7 Å². The van der Waals surface area contributed by atoms with Crippen LogP contribution >= 0.6 is 24.0 Å². The van der Waals surface area contributed by atoms with Gasteiger partial charge in [0.2, 0.25) is 5.89 Å². The van der Waals surface area contributed by atoms with Gasteiger partial charge < -0.3 is 24.3 Å². The number of hydrogen-bond donors (Lipinski definition) is 1. The van der Waals surface area contributed by atoms with Crippen molar-refractivity contribution in [1.29, 1.82) is 0 Å². The highest BCUT2D eigenvalue weighted by Crippen LogP contribution is 2.20. The van der Waals surface area contributed by atoms with Crippen molar-refractivity contribution in [3.63, 3.8) is 0 Å². The van der Waals surface area contributed by atoms with Crippen LogP contribution in [0, 0.1) is 19.8 Å². The van der Waals surface area contributed by atoms with Crippen molar-refractivity contribution in [2.24, 2.45) is 10.9 Å². The number of rotatable bonds is 6. The Balaban J connectivity index is 0.00000480. The van der Waals surface area contributed by atoms with Crippen LogP contribution in [-0.2, 0) is 11.3 Å². The minimum absolute atomic E-state index is 0. The summed E-state index contributed by atoms with van der Waals surface area (Å²) in [6.07, 6.45) is 1.81. The summed E-state index contributed by atoms with van der Waals surface area (Å²) in [4.78, 5) is 25.7. The first-order valence-electron chi connectivity index (χ1n) is 11.1. The molecule has 1 aliphatic rings. The molecule has 1 aromatic heterocycles. The van der Waals surface area contributed by atoms with E-state index in [1.54, 1.807) is 0 Å². The molecule has 1 amide bonds. The molecule has 0 aromatic carbocycles. The van der Waals surface area contributed by atoms with Gasteiger partial charge in [0.15, 0.2) is 5.96 Å². The highest BCUT2D eigenvalue weighted by molar-refractivity contribution is 14.0. The number of oxazole rings is 1. The number of carbonyl (C=O) groups excluding carboxylic acids is 1. The van der Waals surface area contributed by atoms with Crippen molar-refractivity contribution in [2.75, 3.05) is 32.7 Å². The first-order valence-corrected chi connectivity index (χ1v) is 11.1. The summed E-state index contributed by atoms with van der Waals surface area (Å²) >= 11 is 0. The molecule has 2 heterocycles. The molecule has 8 nitrogen and oxygen atoms in total. The fourth-order valence-electron chi connectivity index (χ4n) is 3.47. The van der Waals surface area contributed by atoms with Gasteiger partial charge in [-0.15, -0.1) is 24.0 Å². The third-order valence-corrected chi connectivity index (χ3v) is 5.20. The van der Waals surface area contributed by atoms with Gasteiger partial charge in [0.1, 0.15) is 17.9 Å². The number of aromatic nitrogens is 1. The quantitative estimate of drug-likeness (QED) is 0.323. The zero-order valence-corrected chi connectivity index (χ0v) is 22.5. The van der Waals surface area contributed by atoms with Gasteiger partial charge in [-0.1, -0.05) is 0 Å². The van der Waals surface area contributed by atoms with Gasteiger partial charge in [-0.25, -0.2) is 14.8 Å². The Hall–Kier alpha value is -1.52. The van der Waals surface area contributed by atoms with Crippen molar-refractivity contribution < 1.29 is 13.9 Å². The molecular weight excluding hydrogens is 509 g/mol. The van der Waals surface area contributed by atoms with Crippen molar-refractivity contribution in [2.45, 2.75) is 73.5 Å². The van der Waals surface area contributed by atoms with E-state index in [4.69, 9.17) is 14.1 Å². The summed E-state index contributed by atoms with van der Waals surface area (Å²) in [5.74, 6) is 2.85. The van der Waals surface area contributed by atoms with Crippen LogP contribution in [0.15, 0.2) is 9.41 Å². The predicted molar refractivity (Wildman–Crippen MR) is 134 cm³/mol. The van der Waals surface area contributed by atoms with E-state index in [0.29, 0.717) is 24.9 Å². The molecule has 1 aliphatic heterocycles. The lowest BCUT2D eigenvalue weighted by Gasteiger charge is -2.36. The van der Waals surface area contributed by atoms with Crippen LogP contribution < -0.4 is 5.32 Å². The fourth-order valence-corrected chi connectivity index (χ4v) is 3.47. The highest BCUT2D eigenvalue weighted by Gasteiger charge is 2.27. The summed E-state index contributed by atoms with van der Waals surface area (Å²) in [5.41, 5.74) is 0.446. The monoisotopic (exact) mass is 549 g/mol. The van der Waals surface area contributed by atoms with E-state index >= 15 is 0 Å². The van der Waals surface area contributed by atoms with E-state index in [-0.39, 0.29) is 30.1 Å². The number of aliphatic imine (C=N–C) groups is 1. The molecule has 0 aliphatic carbocycles. The van der Waals surface area contributed by atoms with Crippen LogP contribution in [0.25, 0.3) is 0 Å². The number of nitrogens with one attached hydrogen (secondary N) is 1. The van der Waals surface area contributed by atoms with E-state index in [9.17, 15) is 4.79 Å². The van der Waals surface area contributed by atoms with Crippen LogP contribution in [0.4, 0.5) is 4.79 Å². The minimum atomic E-state index is -0.467. The molecule has 0 saturated carbocycles. The zero-order chi connectivity index (χ0) is 22.3. The van der Waals surface area contributed by atoms with Crippen LogP contribution in [0.5, 0.6) is 0 Å². The van der Waals surface area contributed by atoms with Crippen LogP contribution in [0.3, 0.4) is 0 Å². The SMILES string of the molecule is CCNC(=NCc1nc(C)c(C)o1)N1CCC(CN(CC)C(=O)OC(C)(C)C)CC1.I. The smallest absolute Gasteiger partial charge is 0.410 e. The molecule has 178 valence electrons. The lowest BCUT2D eigenvalue weighted by Crippen LogP contribution is -2.47. The second kappa shape index (κ2) is 12.5. The Morgan fingerprint density at radius 3 is 2.42 bits per heavy atom. The number of amides is 1. The number of ether oxygens (including phenoxy) is 1. The number of aryl methyl sites for hydroxylation is 2. The standard InChI is InChI=1S/C22H39N5O3.HI/c1-8-23-20(24-14-19-25-16(3)17(4)29-19)27-12-10-18(11-13-27)15-26(9-2)21(28)30-22(5,6)7;/h18H,8-15H2,1-7H3,(H,23,24);1H. The molecule has 1 saturated heterocycles. The summed E-state index contributed by atoms with van der Waals surface area (Å²) in [6, 6.07) is 0. The molecule has 1 N–H and O–H groups in total. The second-order valence-electron chi connectivity index (χ2n) is 8.87. The molecule has 0 radical (unpaired) electrons. The minimum Gasteiger partial charge on any atom is -0.444 e. The molecule has 1 fully saturated rings. The van der Waals surface area contributed by atoms with Crippen LogP contribution in [0.1, 0.15) is 64.8 Å². The average molecular weight is 549 g/mol. The van der Waals surface area contributed by atoms with Gasteiger partial charge >= 0.3 is 6.09 Å². The summed E-state index contributed by atoms with van der Waals surface area (Å²) in [5, 5.41) is 3.38. The Morgan fingerprint density at radius 2 is 1.94 bits per heavy atom. The second-order valence-corrected chi connectivity index (χ2v) is 8.87. The third-order valence-electron chi connectivity index (χ3n) is 5.20. The lowest BCUT2D eigenvalue weighted by molar-refractivity contribution is 0.0214. The number of nitrogens with zero attached hydrogens (tertiary/aromatic N) is 4. The first kappa shape index (κ1) is 27.5. The number of carbonyl (C=O) groups is 1. The molecule has 9 heteroatoms. The number of likely N-dealkylation sites (tertiary alicyclic amines) is 1. The number of piperidine rings is 1. The normalized spacial score (nSPS) is 15.5. The molecule has 0 unspecified atom stereocenters. The van der Waals surface area contributed by atoms with E-state index in [0.717, 1.165) is 56.4 Å². The average Bonchev–Trinajstić information content (AvgIpc) is 3.00. The molecule has 0 spiro atoms. The Bertz CT molecular complexity index is 702. The number of halogens is 1. The van der Waals surface area contributed by atoms with Gasteiger partial charge in [-0.3, -0.25) is 0 Å². The van der Waals surface area contributed by atoms with Gasteiger partial charge in [0.05, 0.1) is 5.69 Å². The first-order chi connectivity index (χ1) is 14.1. The molecule has 31 heavy (non-hydrogen) atoms. The van der Waals surface area contributed by atoms with Gasteiger partial charge in [0.25, 0.3) is 0 Å². The van der Waals surface area contributed by atoms with Gasteiger partial charge in [-0.05, 0) is 67.2 Å². The van der Waals surface area contributed by atoms with Crippen molar-refractivity contribution in [1.82, 2.24) is 20.1 Å². The lowest BCUT2D eigenvalue weighted by atomic mass is 9.96. The molecule has 1 aromatic rings. The van der Waals surface area contributed by atoms with Gasteiger partial charge in [-0.2, -0.15) is 0 Å².